The maximum Gasteiger partial charge on any atom is 0.205 e. The second-order valence-corrected chi connectivity index (χ2v) is 9.92. The van der Waals surface area contributed by atoms with Gasteiger partial charge in [-0.05, 0) is 65.7 Å². The average molecular weight is 433 g/mol. The van der Waals surface area contributed by atoms with Crippen molar-refractivity contribution in [2.75, 3.05) is 0 Å². The van der Waals surface area contributed by atoms with Gasteiger partial charge in [-0.2, -0.15) is 5.10 Å². The fourth-order valence-corrected chi connectivity index (χ4v) is 4.21. The highest BCUT2D eigenvalue weighted by atomic mass is 127. The van der Waals surface area contributed by atoms with Gasteiger partial charge in [0, 0.05) is 11.9 Å². The summed E-state index contributed by atoms with van der Waals surface area (Å²) in [5.74, 6) is -0.218. The van der Waals surface area contributed by atoms with Crippen LogP contribution in [0.2, 0.25) is 13.1 Å². The molecule has 0 aliphatic rings. The van der Waals surface area contributed by atoms with E-state index in [2.05, 4.69) is 61.6 Å². The van der Waals surface area contributed by atoms with Crippen LogP contribution < -0.4 is 0 Å². The zero-order chi connectivity index (χ0) is 16.5. The summed E-state index contributed by atoms with van der Waals surface area (Å²) in [7, 11) is -0.742. The van der Waals surface area contributed by atoms with Crippen LogP contribution in [-0.2, 0) is 11.0 Å². The minimum atomic E-state index is -0.742. The Balaban J connectivity index is 2.20. The standard InChI is InChI=1S/C16H23FIN2OSi/c1-16(2,3)14(21-22(4)5)8-9-20-13-7-6-11(17)10-12(13)15(18)19-20/h6-7,10,14H,8-9H2,1-5H3. The van der Waals surface area contributed by atoms with Gasteiger partial charge < -0.3 is 4.43 Å². The van der Waals surface area contributed by atoms with E-state index < -0.39 is 9.04 Å². The maximum absolute atomic E-state index is 13.4. The molecule has 1 atom stereocenters. The molecule has 1 aromatic carbocycles. The largest absolute Gasteiger partial charge is 0.414 e. The lowest BCUT2D eigenvalue weighted by molar-refractivity contribution is 0.0738. The molecule has 0 spiro atoms. The van der Waals surface area contributed by atoms with E-state index in [1.165, 1.54) is 6.07 Å². The average Bonchev–Trinajstić information content (AvgIpc) is 2.69. The summed E-state index contributed by atoms with van der Waals surface area (Å²) in [5.41, 5.74) is 1.08. The first-order chi connectivity index (χ1) is 10.2. The molecule has 2 rings (SSSR count). The van der Waals surface area contributed by atoms with Gasteiger partial charge in [-0.1, -0.05) is 20.8 Å². The molecule has 2 aromatic rings. The van der Waals surface area contributed by atoms with Crippen LogP contribution in [0.25, 0.3) is 10.9 Å². The van der Waals surface area contributed by atoms with Crippen molar-refractivity contribution in [3.63, 3.8) is 0 Å². The summed E-state index contributed by atoms with van der Waals surface area (Å²) in [6, 6.07) is 4.85. The van der Waals surface area contributed by atoms with Crippen molar-refractivity contribution >= 4 is 42.5 Å². The molecule has 0 saturated carbocycles. The lowest BCUT2D eigenvalue weighted by Gasteiger charge is -2.32. The highest BCUT2D eigenvalue weighted by Gasteiger charge is 2.26. The molecule has 1 radical (unpaired) electrons. The molecule has 22 heavy (non-hydrogen) atoms. The maximum atomic E-state index is 13.4. The van der Waals surface area contributed by atoms with Crippen LogP contribution in [0, 0.1) is 14.9 Å². The quantitative estimate of drug-likeness (QED) is 0.498. The normalized spacial score (nSPS) is 14.0. The van der Waals surface area contributed by atoms with Crippen molar-refractivity contribution in [3.05, 3.63) is 27.7 Å². The van der Waals surface area contributed by atoms with E-state index in [1.54, 1.807) is 6.07 Å². The third kappa shape index (κ3) is 4.29. The van der Waals surface area contributed by atoms with Crippen LogP contribution in [0.5, 0.6) is 0 Å². The van der Waals surface area contributed by atoms with Gasteiger partial charge in [0.15, 0.2) is 0 Å². The molecule has 3 nitrogen and oxygen atoms in total. The highest BCUT2D eigenvalue weighted by Crippen LogP contribution is 2.27. The first-order valence-corrected chi connectivity index (χ1v) is 11.0. The molecule has 1 aromatic heterocycles. The number of nitrogens with zero attached hydrogens (tertiary/aromatic N) is 2. The molecule has 0 N–H and O–H groups in total. The van der Waals surface area contributed by atoms with Gasteiger partial charge in [0.05, 0.1) is 11.6 Å². The fourth-order valence-electron chi connectivity index (χ4n) is 2.48. The Kier molecular flexibility index (Phi) is 5.66. The topological polar surface area (TPSA) is 27.1 Å². The Labute approximate surface area is 147 Å². The van der Waals surface area contributed by atoms with Crippen molar-refractivity contribution in [2.45, 2.75) is 52.9 Å². The lowest BCUT2D eigenvalue weighted by atomic mass is 9.87. The van der Waals surface area contributed by atoms with Crippen LogP contribution >= 0.6 is 22.6 Å². The molecule has 0 bridgehead atoms. The Morgan fingerprint density at radius 1 is 1.36 bits per heavy atom. The number of hydrogen-bond acceptors (Lipinski definition) is 2. The van der Waals surface area contributed by atoms with E-state index in [-0.39, 0.29) is 17.3 Å². The van der Waals surface area contributed by atoms with Crippen LogP contribution in [-0.4, -0.2) is 24.9 Å². The number of benzene rings is 1. The first kappa shape index (κ1) is 17.9. The zero-order valence-electron chi connectivity index (χ0n) is 13.8. The molecule has 0 amide bonds. The molecular formula is C16H23FIN2OSi. The lowest BCUT2D eigenvalue weighted by Crippen LogP contribution is -2.34. The summed E-state index contributed by atoms with van der Waals surface area (Å²) in [6.07, 6.45) is 1.11. The number of halogens is 2. The Bertz CT molecular complexity index is 651. The fraction of sp³-hybridized carbons (Fsp3) is 0.562. The van der Waals surface area contributed by atoms with Crippen molar-refractivity contribution in [1.82, 2.24) is 9.78 Å². The second kappa shape index (κ2) is 6.96. The highest BCUT2D eigenvalue weighted by molar-refractivity contribution is 14.1. The second-order valence-electron chi connectivity index (χ2n) is 6.84. The predicted molar refractivity (Wildman–Crippen MR) is 98.8 cm³/mol. The minimum absolute atomic E-state index is 0.101. The molecule has 0 aliphatic heterocycles. The number of rotatable bonds is 5. The van der Waals surface area contributed by atoms with Crippen molar-refractivity contribution in [2.24, 2.45) is 5.41 Å². The molecule has 1 unspecified atom stereocenters. The summed E-state index contributed by atoms with van der Waals surface area (Å²) in [6.45, 7) is 11.7. The van der Waals surface area contributed by atoms with E-state index in [0.29, 0.717) is 0 Å². The van der Waals surface area contributed by atoms with Gasteiger partial charge >= 0.3 is 0 Å². The van der Waals surface area contributed by atoms with Crippen LogP contribution in [0.4, 0.5) is 4.39 Å². The minimum Gasteiger partial charge on any atom is -0.414 e. The third-order valence-electron chi connectivity index (χ3n) is 3.61. The summed E-state index contributed by atoms with van der Waals surface area (Å²) in [5, 5.41) is 5.43. The van der Waals surface area contributed by atoms with Crippen molar-refractivity contribution in [3.8, 4) is 0 Å². The van der Waals surface area contributed by atoms with Gasteiger partial charge in [0.1, 0.15) is 9.52 Å². The summed E-state index contributed by atoms with van der Waals surface area (Å²) >= 11 is 2.16. The summed E-state index contributed by atoms with van der Waals surface area (Å²) < 4.78 is 22.4. The smallest absolute Gasteiger partial charge is 0.205 e. The van der Waals surface area contributed by atoms with Crippen LogP contribution in [0.15, 0.2) is 18.2 Å². The van der Waals surface area contributed by atoms with E-state index >= 15 is 0 Å². The van der Waals surface area contributed by atoms with Gasteiger partial charge in [-0.25, -0.2) is 4.39 Å². The van der Waals surface area contributed by atoms with Crippen LogP contribution in [0.3, 0.4) is 0 Å². The molecule has 1 heterocycles. The molecule has 121 valence electrons. The van der Waals surface area contributed by atoms with Gasteiger partial charge in [-0.15, -0.1) is 0 Å². The molecule has 0 fully saturated rings. The molecule has 0 saturated heterocycles. The van der Waals surface area contributed by atoms with Crippen molar-refractivity contribution < 1.29 is 8.82 Å². The Hall–Kier alpha value is -0.473. The van der Waals surface area contributed by atoms with E-state index in [0.717, 1.165) is 27.6 Å². The number of aryl methyl sites for hydroxylation is 1. The molecule has 0 aliphatic carbocycles. The van der Waals surface area contributed by atoms with Gasteiger partial charge in [-0.3, -0.25) is 4.68 Å². The summed E-state index contributed by atoms with van der Waals surface area (Å²) in [4.78, 5) is 0. The zero-order valence-corrected chi connectivity index (χ0v) is 16.9. The van der Waals surface area contributed by atoms with E-state index in [4.69, 9.17) is 4.43 Å². The van der Waals surface area contributed by atoms with E-state index in [9.17, 15) is 4.39 Å². The third-order valence-corrected chi connectivity index (χ3v) is 5.17. The van der Waals surface area contributed by atoms with Crippen LogP contribution in [0.1, 0.15) is 27.2 Å². The number of aromatic nitrogens is 2. The van der Waals surface area contributed by atoms with Gasteiger partial charge in [0.25, 0.3) is 0 Å². The predicted octanol–water partition coefficient (Wildman–Crippen LogP) is 4.85. The number of hydrogen-bond donors (Lipinski definition) is 0. The monoisotopic (exact) mass is 433 g/mol. The Morgan fingerprint density at radius 3 is 2.64 bits per heavy atom. The SMILES string of the molecule is C[Si](C)OC(CCn1nc(I)c2cc(F)ccc21)C(C)(C)C. The Morgan fingerprint density at radius 2 is 2.05 bits per heavy atom. The molecular weight excluding hydrogens is 410 g/mol. The first-order valence-electron chi connectivity index (χ1n) is 7.47. The van der Waals surface area contributed by atoms with E-state index in [1.807, 2.05) is 10.7 Å². The molecule has 6 heteroatoms. The van der Waals surface area contributed by atoms with Gasteiger partial charge in [0.2, 0.25) is 9.04 Å². The number of fused-ring (bicyclic) bond motifs is 1. The van der Waals surface area contributed by atoms with Crippen molar-refractivity contribution in [1.29, 1.82) is 0 Å².